The van der Waals surface area contributed by atoms with Crippen LogP contribution in [0.5, 0.6) is 0 Å². The Morgan fingerprint density at radius 2 is 1.94 bits per heavy atom. The van der Waals surface area contributed by atoms with Crippen molar-refractivity contribution < 1.29 is 17.6 Å². The molecule has 1 amide bonds. The van der Waals surface area contributed by atoms with E-state index in [2.05, 4.69) is 15.9 Å². The third-order valence-electron chi connectivity index (χ3n) is 1.95. The molecule has 0 heterocycles. The highest BCUT2D eigenvalue weighted by Crippen LogP contribution is 2.26. The Kier molecular flexibility index (Phi) is 3.90. The molecule has 1 rings (SSSR count). The van der Waals surface area contributed by atoms with Crippen molar-refractivity contribution in [1.82, 2.24) is 4.90 Å². The van der Waals surface area contributed by atoms with Crippen molar-refractivity contribution in [2.24, 2.45) is 5.14 Å². The van der Waals surface area contributed by atoms with Crippen LogP contribution in [0.4, 0.5) is 4.39 Å². The molecule has 1 aromatic rings. The molecule has 0 spiro atoms. The Morgan fingerprint density at radius 1 is 1.41 bits per heavy atom. The molecule has 0 aromatic heterocycles. The van der Waals surface area contributed by atoms with Crippen LogP contribution in [-0.4, -0.2) is 33.3 Å². The summed E-state index contributed by atoms with van der Waals surface area (Å²) in [6.07, 6.45) is 0. The summed E-state index contributed by atoms with van der Waals surface area (Å²) < 4.78 is 35.6. The summed E-state index contributed by atoms with van der Waals surface area (Å²) in [7, 11) is -1.15. The van der Waals surface area contributed by atoms with E-state index >= 15 is 0 Å². The van der Waals surface area contributed by atoms with Gasteiger partial charge in [-0.25, -0.2) is 17.9 Å². The van der Waals surface area contributed by atoms with E-state index in [1.54, 1.807) is 0 Å². The number of hydrogen-bond acceptors (Lipinski definition) is 3. The van der Waals surface area contributed by atoms with E-state index in [1.165, 1.54) is 19.0 Å². The standard InChI is InChI=1S/C9H10BrFN2O3S/c1-13(2)9(14)5-3-6(11)8(10)7(4-5)17(12,15)16/h3-4H,1-2H3,(H2,12,15,16). The molecule has 0 atom stereocenters. The Bertz CT molecular complexity index is 572. The van der Waals surface area contributed by atoms with Gasteiger partial charge in [-0.15, -0.1) is 0 Å². The number of nitrogens with two attached hydrogens (primary N) is 1. The van der Waals surface area contributed by atoms with E-state index in [-0.39, 0.29) is 10.0 Å². The molecule has 0 saturated carbocycles. The van der Waals surface area contributed by atoms with E-state index in [0.717, 1.165) is 12.1 Å². The van der Waals surface area contributed by atoms with Crippen molar-refractivity contribution in [1.29, 1.82) is 0 Å². The zero-order chi connectivity index (χ0) is 13.4. The second-order valence-corrected chi connectivity index (χ2v) is 5.84. The number of rotatable bonds is 2. The van der Waals surface area contributed by atoms with Gasteiger partial charge in [0, 0.05) is 19.7 Å². The first-order valence-corrected chi connectivity index (χ1v) is 6.72. The molecule has 0 aliphatic rings. The lowest BCUT2D eigenvalue weighted by atomic mass is 10.2. The maximum absolute atomic E-state index is 13.5. The molecule has 2 N–H and O–H groups in total. The van der Waals surface area contributed by atoms with Gasteiger partial charge in [0.15, 0.2) is 0 Å². The number of amides is 1. The van der Waals surface area contributed by atoms with Crippen molar-refractivity contribution in [3.8, 4) is 0 Å². The topological polar surface area (TPSA) is 80.5 Å². The molecule has 94 valence electrons. The fraction of sp³-hybridized carbons (Fsp3) is 0.222. The van der Waals surface area contributed by atoms with Gasteiger partial charge in [-0.05, 0) is 28.1 Å². The number of carbonyl (C=O) groups excluding carboxylic acids is 1. The lowest BCUT2D eigenvalue weighted by Gasteiger charge is -2.12. The SMILES string of the molecule is CN(C)C(=O)c1cc(F)c(Br)c(S(N)(=O)=O)c1. The first-order valence-electron chi connectivity index (χ1n) is 4.38. The number of hydrogen-bond donors (Lipinski definition) is 1. The molecular formula is C9H10BrFN2O3S. The van der Waals surface area contributed by atoms with E-state index < -0.39 is 26.6 Å². The molecular weight excluding hydrogens is 315 g/mol. The Morgan fingerprint density at radius 3 is 2.35 bits per heavy atom. The number of sulfonamides is 1. The predicted molar refractivity (Wildman–Crippen MR) is 63.5 cm³/mol. The minimum Gasteiger partial charge on any atom is -0.345 e. The Balaban J connectivity index is 3.50. The second-order valence-electron chi connectivity index (χ2n) is 3.51. The van der Waals surface area contributed by atoms with Gasteiger partial charge in [-0.1, -0.05) is 0 Å². The normalized spacial score (nSPS) is 11.4. The maximum atomic E-state index is 13.5. The van der Waals surface area contributed by atoms with Crippen LogP contribution in [0.2, 0.25) is 0 Å². The lowest BCUT2D eigenvalue weighted by molar-refractivity contribution is 0.0827. The smallest absolute Gasteiger partial charge is 0.253 e. The molecule has 0 radical (unpaired) electrons. The third-order valence-corrected chi connectivity index (χ3v) is 3.96. The van der Waals surface area contributed by atoms with Crippen LogP contribution < -0.4 is 5.14 Å². The van der Waals surface area contributed by atoms with Crippen molar-refractivity contribution in [2.45, 2.75) is 4.90 Å². The average molecular weight is 325 g/mol. The van der Waals surface area contributed by atoms with Crippen molar-refractivity contribution in [2.75, 3.05) is 14.1 Å². The molecule has 0 unspecified atom stereocenters. The summed E-state index contributed by atoms with van der Waals surface area (Å²) in [6.45, 7) is 0. The van der Waals surface area contributed by atoms with Gasteiger partial charge < -0.3 is 4.90 Å². The molecule has 0 fully saturated rings. The van der Waals surface area contributed by atoms with Gasteiger partial charge in [-0.2, -0.15) is 0 Å². The highest BCUT2D eigenvalue weighted by Gasteiger charge is 2.20. The quantitative estimate of drug-likeness (QED) is 0.879. The van der Waals surface area contributed by atoms with Crippen LogP contribution >= 0.6 is 15.9 Å². The molecule has 0 aliphatic heterocycles. The summed E-state index contributed by atoms with van der Waals surface area (Å²) in [5, 5.41) is 4.92. The van der Waals surface area contributed by atoms with E-state index in [9.17, 15) is 17.6 Å². The van der Waals surface area contributed by atoms with Crippen molar-refractivity contribution in [3.05, 3.63) is 28.0 Å². The summed E-state index contributed by atoms with van der Waals surface area (Å²) in [5.74, 6) is -1.37. The summed E-state index contributed by atoms with van der Waals surface area (Å²) in [6, 6.07) is 1.98. The van der Waals surface area contributed by atoms with Gasteiger partial charge in [0.1, 0.15) is 5.82 Å². The van der Waals surface area contributed by atoms with Crippen molar-refractivity contribution in [3.63, 3.8) is 0 Å². The lowest BCUT2D eigenvalue weighted by Crippen LogP contribution is -2.23. The van der Waals surface area contributed by atoms with Crippen LogP contribution in [0, 0.1) is 5.82 Å². The monoisotopic (exact) mass is 324 g/mol. The number of primary sulfonamides is 1. The first-order chi connectivity index (χ1) is 7.64. The molecule has 17 heavy (non-hydrogen) atoms. The van der Waals surface area contributed by atoms with E-state index in [4.69, 9.17) is 5.14 Å². The molecule has 8 heteroatoms. The summed E-state index contributed by atoms with van der Waals surface area (Å²) in [5.41, 5.74) is -0.0836. The fourth-order valence-electron chi connectivity index (χ4n) is 1.15. The minimum absolute atomic E-state index is 0.0836. The number of halogens is 2. The van der Waals surface area contributed by atoms with Crippen LogP contribution in [0.15, 0.2) is 21.5 Å². The van der Waals surface area contributed by atoms with E-state index in [0.29, 0.717) is 0 Å². The number of carbonyl (C=O) groups is 1. The van der Waals surface area contributed by atoms with E-state index in [1.807, 2.05) is 0 Å². The van der Waals surface area contributed by atoms with Crippen LogP contribution in [-0.2, 0) is 10.0 Å². The van der Waals surface area contributed by atoms with Crippen LogP contribution in [0.1, 0.15) is 10.4 Å². The molecule has 5 nitrogen and oxygen atoms in total. The molecule has 0 saturated heterocycles. The highest BCUT2D eigenvalue weighted by atomic mass is 79.9. The van der Waals surface area contributed by atoms with Gasteiger partial charge in [0.25, 0.3) is 5.91 Å². The van der Waals surface area contributed by atoms with Gasteiger partial charge in [0.05, 0.1) is 9.37 Å². The average Bonchev–Trinajstić information content (AvgIpc) is 2.18. The number of benzene rings is 1. The van der Waals surface area contributed by atoms with Gasteiger partial charge in [0.2, 0.25) is 10.0 Å². The third kappa shape index (κ3) is 3.02. The molecule has 0 bridgehead atoms. The van der Waals surface area contributed by atoms with Gasteiger partial charge >= 0.3 is 0 Å². The Hall–Kier alpha value is -0.990. The largest absolute Gasteiger partial charge is 0.345 e. The van der Waals surface area contributed by atoms with Crippen molar-refractivity contribution >= 4 is 31.9 Å². The Labute approximate surface area is 107 Å². The zero-order valence-corrected chi connectivity index (χ0v) is 11.5. The maximum Gasteiger partial charge on any atom is 0.253 e. The molecule has 0 aliphatic carbocycles. The fourth-order valence-corrected chi connectivity index (χ4v) is 2.70. The van der Waals surface area contributed by atoms with Gasteiger partial charge in [-0.3, -0.25) is 4.79 Å². The van der Waals surface area contributed by atoms with Crippen LogP contribution in [0.3, 0.4) is 0 Å². The first kappa shape index (κ1) is 14.1. The predicted octanol–water partition coefficient (Wildman–Crippen LogP) is 0.937. The van der Waals surface area contributed by atoms with Crippen LogP contribution in [0.25, 0.3) is 0 Å². The number of nitrogens with zero attached hydrogens (tertiary/aromatic N) is 1. The highest BCUT2D eigenvalue weighted by molar-refractivity contribution is 9.10. The second kappa shape index (κ2) is 4.71. The zero-order valence-electron chi connectivity index (χ0n) is 9.07. The summed E-state index contributed by atoms with van der Waals surface area (Å²) in [4.78, 5) is 12.3. The minimum atomic E-state index is -4.10. The molecule has 1 aromatic carbocycles. The summed E-state index contributed by atoms with van der Waals surface area (Å²) >= 11 is 2.78.